The van der Waals surface area contributed by atoms with E-state index in [9.17, 15) is 0 Å². The number of benzene rings is 2. The molecule has 0 spiro atoms. The van der Waals surface area contributed by atoms with E-state index in [0.717, 1.165) is 0 Å². The number of hydrogen-bond acceptors (Lipinski definition) is 0. The third-order valence-corrected chi connectivity index (χ3v) is 3.80. The van der Waals surface area contributed by atoms with E-state index in [4.69, 9.17) is 0 Å². The predicted molar refractivity (Wildman–Crippen MR) is 94.4 cm³/mol. The van der Waals surface area contributed by atoms with Gasteiger partial charge in [-0.05, 0) is 5.92 Å². The second kappa shape index (κ2) is 6.75. The molecule has 0 N–H and O–H groups in total. The summed E-state index contributed by atoms with van der Waals surface area (Å²) in [6.07, 6.45) is 8.77. The third-order valence-electron chi connectivity index (χ3n) is 3.80. The van der Waals surface area contributed by atoms with Crippen molar-refractivity contribution in [3.8, 4) is 0 Å². The first-order valence-electron chi connectivity index (χ1n) is 7.60. The Morgan fingerprint density at radius 1 is 0.909 bits per heavy atom. The van der Waals surface area contributed by atoms with Gasteiger partial charge in [-0.2, -0.15) is 0 Å². The summed E-state index contributed by atoms with van der Waals surface area (Å²) >= 11 is 1.55. The molecule has 1 aliphatic rings. The molecule has 1 heteroatoms. The fraction of sp³-hybridized carbons (Fsp3) is 0.143. The number of fused-ring (bicyclic) bond motifs is 3. The van der Waals surface area contributed by atoms with Gasteiger partial charge in [0.1, 0.15) is 0 Å². The van der Waals surface area contributed by atoms with Gasteiger partial charge in [-0.1, -0.05) is 66.3 Å². The normalized spacial score (nSPS) is 13.5. The molecule has 0 aromatic heterocycles. The van der Waals surface area contributed by atoms with Crippen LogP contribution in [0.5, 0.6) is 0 Å². The number of allylic oxidation sites excluding steroid dienone is 4. The molecule has 0 saturated carbocycles. The monoisotopic (exact) mass is 361 g/mol. The van der Waals surface area contributed by atoms with Crippen molar-refractivity contribution >= 4 is 24.8 Å². The van der Waals surface area contributed by atoms with Gasteiger partial charge in [0.25, 0.3) is 0 Å². The molecule has 0 nitrogen and oxygen atoms in total. The van der Waals surface area contributed by atoms with Gasteiger partial charge in [-0.15, -0.1) is 33.7 Å². The Bertz CT molecular complexity index is 861. The van der Waals surface area contributed by atoms with Crippen LogP contribution in [-0.4, -0.2) is 3.21 Å². The summed E-state index contributed by atoms with van der Waals surface area (Å²) in [5.41, 5.74) is 1.41. The van der Waals surface area contributed by atoms with Crippen LogP contribution in [0.15, 0.2) is 72.8 Å². The maximum absolute atomic E-state index is 2.32. The van der Waals surface area contributed by atoms with Crippen molar-refractivity contribution < 1.29 is 24.2 Å². The number of hydrogen-bond donors (Lipinski definition) is 0. The van der Waals surface area contributed by atoms with Gasteiger partial charge in [0.15, 0.2) is 0 Å². The van der Waals surface area contributed by atoms with Crippen molar-refractivity contribution in [3.05, 3.63) is 78.4 Å². The second-order valence-electron chi connectivity index (χ2n) is 5.84. The first-order chi connectivity index (χ1) is 10.7. The van der Waals surface area contributed by atoms with Gasteiger partial charge >= 0.3 is 41.3 Å². The zero-order valence-corrected chi connectivity index (χ0v) is 15.5. The summed E-state index contributed by atoms with van der Waals surface area (Å²) in [5.74, 6) is 0.436. The first-order valence-corrected chi connectivity index (χ1v) is 8.83. The molecule has 0 bridgehead atoms. The molecule has 3 aromatic rings. The Labute approximate surface area is 146 Å². The molecule has 0 heterocycles. The zero-order chi connectivity index (χ0) is 15.5. The quantitative estimate of drug-likeness (QED) is 0.490. The second-order valence-corrected chi connectivity index (χ2v) is 8.29. The van der Waals surface area contributed by atoms with Crippen LogP contribution in [0.4, 0.5) is 0 Å². The fourth-order valence-electron chi connectivity index (χ4n) is 2.93. The van der Waals surface area contributed by atoms with Gasteiger partial charge in [-0.3, -0.25) is 0 Å². The summed E-state index contributed by atoms with van der Waals surface area (Å²) in [6, 6.07) is 17.6. The van der Waals surface area contributed by atoms with Crippen molar-refractivity contribution in [2.24, 2.45) is 0 Å². The summed E-state index contributed by atoms with van der Waals surface area (Å²) < 4.78 is 1.51. The van der Waals surface area contributed by atoms with Crippen molar-refractivity contribution in [1.82, 2.24) is 0 Å². The molecule has 22 heavy (non-hydrogen) atoms. The summed E-state index contributed by atoms with van der Waals surface area (Å²) in [5, 5.41) is 5.46. The van der Waals surface area contributed by atoms with Crippen molar-refractivity contribution in [2.75, 3.05) is 0 Å². The molecule has 0 aliphatic heterocycles. The Morgan fingerprint density at radius 2 is 1.55 bits per heavy atom. The zero-order valence-electron chi connectivity index (χ0n) is 13.0. The molecule has 108 valence electrons. The van der Waals surface area contributed by atoms with Crippen LogP contribution in [-0.2, 0) is 24.2 Å². The molecule has 0 atom stereocenters. The Hall–Kier alpha value is -1.46. The van der Waals surface area contributed by atoms with Crippen molar-refractivity contribution in [2.45, 2.75) is 19.8 Å². The van der Waals surface area contributed by atoms with Gasteiger partial charge < -0.3 is 0 Å². The van der Waals surface area contributed by atoms with Gasteiger partial charge in [0.05, 0.1) is 0 Å². The van der Waals surface area contributed by atoms with Gasteiger partial charge in [0, 0.05) is 0 Å². The van der Waals surface area contributed by atoms with Crippen molar-refractivity contribution in [1.29, 1.82) is 0 Å². The molecule has 0 fully saturated rings. The summed E-state index contributed by atoms with van der Waals surface area (Å²) in [4.78, 5) is 0. The van der Waals surface area contributed by atoms with E-state index in [2.05, 4.69) is 86.7 Å². The van der Waals surface area contributed by atoms with Crippen LogP contribution in [0.1, 0.15) is 25.3 Å². The molecular formula is C21H19Zr-. The van der Waals surface area contributed by atoms with E-state index in [0.29, 0.717) is 5.92 Å². The van der Waals surface area contributed by atoms with Gasteiger partial charge in [0.2, 0.25) is 0 Å². The SMILES string of the molecule is C1=CC(c2cccc3c2[cH-]c2ccccc23)C=C1.C[C](C)=[Zr]. The van der Waals surface area contributed by atoms with E-state index < -0.39 is 0 Å². The minimum atomic E-state index is 0.436. The van der Waals surface area contributed by atoms with E-state index in [1.807, 2.05) is 0 Å². The Balaban J connectivity index is 0.000000325. The summed E-state index contributed by atoms with van der Waals surface area (Å²) in [7, 11) is 0. The van der Waals surface area contributed by atoms with Crippen LogP contribution >= 0.6 is 0 Å². The van der Waals surface area contributed by atoms with Crippen LogP contribution in [0.2, 0.25) is 0 Å². The predicted octanol–water partition coefficient (Wildman–Crippen LogP) is 5.67. The van der Waals surface area contributed by atoms with Crippen LogP contribution in [0.3, 0.4) is 0 Å². The standard InChI is InChI=1S/C18H13.C3H6.Zr/c1-2-7-13(6-1)15-10-5-11-17-16-9-4-3-8-14(16)12-18(15)17;1-3-2;/h1-13H;1-2H3;/q-1;;. The molecule has 3 aromatic carbocycles. The Kier molecular flexibility index (Phi) is 4.74. The maximum atomic E-state index is 2.32. The van der Waals surface area contributed by atoms with Crippen molar-refractivity contribution in [3.63, 3.8) is 0 Å². The number of rotatable bonds is 1. The van der Waals surface area contributed by atoms with E-state index in [1.165, 1.54) is 30.3 Å². The van der Waals surface area contributed by atoms with Crippen LogP contribution in [0, 0.1) is 0 Å². The van der Waals surface area contributed by atoms with Gasteiger partial charge in [-0.25, -0.2) is 0 Å². The van der Waals surface area contributed by atoms with Crippen LogP contribution in [0.25, 0.3) is 21.5 Å². The molecule has 0 saturated heterocycles. The van der Waals surface area contributed by atoms with E-state index in [1.54, 1.807) is 24.2 Å². The summed E-state index contributed by atoms with van der Waals surface area (Å²) in [6.45, 7) is 4.25. The molecule has 4 rings (SSSR count). The average Bonchev–Trinajstić information content (AvgIpc) is 3.14. The van der Waals surface area contributed by atoms with Crippen LogP contribution < -0.4 is 0 Å². The fourth-order valence-corrected chi connectivity index (χ4v) is 2.93. The molecule has 1 aliphatic carbocycles. The molecule has 0 radical (unpaired) electrons. The first kappa shape index (κ1) is 15.4. The van der Waals surface area contributed by atoms with E-state index in [-0.39, 0.29) is 0 Å². The Morgan fingerprint density at radius 3 is 2.27 bits per heavy atom. The molecular weight excluding hydrogens is 343 g/mol. The van der Waals surface area contributed by atoms with E-state index >= 15 is 0 Å². The average molecular weight is 363 g/mol. The minimum absolute atomic E-state index is 0.436. The molecule has 0 amide bonds. The molecule has 0 unspecified atom stereocenters. The topological polar surface area (TPSA) is 0 Å². The third kappa shape index (κ3) is 3.15.